The van der Waals surface area contributed by atoms with E-state index in [0.29, 0.717) is 0 Å². The van der Waals surface area contributed by atoms with Crippen molar-refractivity contribution in [2.24, 2.45) is 0 Å². The Morgan fingerprint density at radius 1 is 1.23 bits per heavy atom. The average molecular weight is 189 g/mol. The molecule has 2 aromatic rings. The van der Waals surface area contributed by atoms with Gasteiger partial charge in [0.2, 0.25) is 0 Å². The van der Waals surface area contributed by atoms with E-state index in [9.17, 15) is 0 Å². The normalized spacial score (nSPS) is 10.2. The minimum Gasteiger partial charge on any atom is -0.468 e. The number of benzene rings is 1. The zero-order valence-corrected chi connectivity index (χ0v) is 7.88. The standard InChI is InChI=1S/C11H9OS/c1-2-6-11(7-3-1)13-9-10-5-4-8-12-10/h1-6,8H,9H2. The summed E-state index contributed by atoms with van der Waals surface area (Å²) < 4.78 is 5.22. The topological polar surface area (TPSA) is 13.1 Å². The molecule has 0 aliphatic heterocycles. The van der Waals surface area contributed by atoms with E-state index in [-0.39, 0.29) is 0 Å². The molecule has 2 heteroatoms. The lowest BCUT2D eigenvalue weighted by molar-refractivity contribution is 0.530. The predicted octanol–water partition coefficient (Wildman–Crippen LogP) is 3.37. The maximum Gasteiger partial charge on any atom is 0.113 e. The highest BCUT2D eigenvalue weighted by Crippen LogP contribution is 2.21. The smallest absolute Gasteiger partial charge is 0.113 e. The van der Waals surface area contributed by atoms with Crippen LogP contribution in [0.4, 0.5) is 0 Å². The van der Waals surface area contributed by atoms with Crippen LogP contribution >= 0.6 is 11.8 Å². The van der Waals surface area contributed by atoms with E-state index in [4.69, 9.17) is 4.42 Å². The van der Waals surface area contributed by atoms with Crippen LogP contribution in [0.15, 0.2) is 52.0 Å². The van der Waals surface area contributed by atoms with Gasteiger partial charge in [0.25, 0.3) is 0 Å². The molecule has 0 atom stereocenters. The zero-order chi connectivity index (χ0) is 8.93. The van der Waals surface area contributed by atoms with Crippen molar-refractivity contribution in [3.8, 4) is 0 Å². The van der Waals surface area contributed by atoms with Gasteiger partial charge in [0.1, 0.15) is 5.76 Å². The van der Waals surface area contributed by atoms with Crippen LogP contribution in [-0.2, 0) is 5.75 Å². The van der Waals surface area contributed by atoms with Crippen LogP contribution in [0.3, 0.4) is 0 Å². The zero-order valence-electron chi connectivity index (χ0n) is 7.07. The van der Waals surface area contributed by atoms with Gasteiger partial charge >= 0.3 is 0 Å². The molecule has 1 aromatic heterocycles. The lowest BCUT2D eigenvalue weighted by atomic mass is 10.4. The molecule has 1 radical (unpaired) electrons. The van der Waals surface area contributed by atoms with Crippen molar-refractivity contribution in [1.82, 2.24) is 0 Å². The summed E-state index contributed by atoms with van der Waals surface area (Å²) in [6.07, 6.45) is 1.70. The van der Waals surface area contributed by atoms with Crippen molar-refractivity contribution in [3.05, 3.63) is 54.5 Å². The van der Waals surface area contributed by atoms with Crippen LogP contribution in [-0.4, -0.2) is 0 Å². The van der Waals surface area contributed by atoms with E-state index in [1.54, 1.807) is 18.0 Å². The van der Waals surface area contributed by atoms with Crippen LogP contribution in [0.2, 0.25) is 0 Å². The van der Waals surface area contributed by atoms with E-state index < -0.39 is 0 Å². The summed E-state index contributed by atoms with van der Waals surface area (Å²) in [7, 11) is 0. The van der Waals surface area contributed by atoms with Crippen LogP contribution in [0.5, 0.6) is 0 Å². The largest absolute Gasteiger partial charge is 0.468 e. The van der Waals surface area contributed by atoms with Gasteiger partial charge in [-0.15, -0.1) is 11.8 Å². The molecule has 0 saturated heterocycles. The number of rotatable bonds is 3. The number of hydrogen-bond acceptors (Lipinski definition) is 2. The van der Waals surface area contributed by atoms with Crippen LogP contribution < -0.4 is 0 Å². The first-order chi connectivity index (χ1) is 6.45. The van der Waals surface area contributed by atoms with Gasteiger partial charge in [0, 0.05) is 4.90 Å². The van der Waals surface area contributed by atoms with Gasteiger partial charge in [-0.2, -0.15) is 0 Å². The fourth-order valence-electron chi connectivity index (χ4n) is 1.01. The fraction of sp³-hybridized carbons (Fsp3) is 0.0909. The van der Waals surface area contributed by atoms with Crippen molar-refractivity contribution in [3.63, 3.8) is 0 Å². The first-order valence-corrected chi connectivity index (χ1v) is 5.05. The molecule has 1 aromatic carbocycles. The summed E-state index contributed by atoms with van der Waals surface area (Å²) in [6.45, 7) is 0. The van der Waals surface area contributed by atoms with Gasteiger partial charge in [-0.25, -0.2) is 0 Å². The molecule has 0 saturated carbocycles. The van der Waals surface area contributed by atoms with Gasteiger partial charge in [0.15, 0.2) is 0 Å². The molecular weight excluding hydrogens is 180 g/mol. The molecule has 65 valence electrons. The second kappa shape index (κ2) is 4.19. The summed E-state index contributed by atoms with van der Waals surface area (Å²) in [5, 5.41) is 0. The molecule has 0 amide bonds. The minimum atomic E-state index is 0.869. The molecule has 0 aliphatic rings. The van der Waals surface area contributed by atoms with Crippen molar-refractivity contribution in [2.75, 3.05) is 0 Å². The Hall–Kier alpha value is -1.15. The average Bonchev–Trinajstić information content (AvgIpc) is 2.69. The molecule has 2 rings (SSSR count). The number of hydrogen-bond donors (Lipinski definition) is 0. The highest BCUT2D eigenvalue weighted by molar-refractivity contribution is 7.98. The van der Waals surface area contributed by atoms with E-state index >= 15 is 0 Å². The maximum absolute atomic E-state index is 5.22. The first-order valence-electron chi connectivity index (χ1n) is 4.07. The van der Waals surface area contributed by atoms with E-state index in [1.165, 1.54) is 0 Å². The Labute approximate surface area is 81.8 Å². The Morgan fingerprint density at radius 3 is 2.92 bits per heavy atom. The van der Waals surface area contributed by atoms with Gasteiger partial charge in [-0.1, -0.05) is 18.2 Å². The highest BCUT2D eigenvalue weighted by atomic mass is 32.2. The minimum absolute atomic E-state index is 0.869. The predicted molar refractivity (Wildman–Crippen MR) is 53.5 cm³/mol. The third-order valence-electron chi connectivity index (χ3n) is 1.63. The Bertz CT molecular complexity index is 340. The molecule has 0 N–H and O–H groups in total. The molecule has 0 unspecified atom stereocenters. The lowest BCUT2D eigenvalue weighted by Gasteiger charge is -1.96. The summed E-state index contributed by atoms with van der Waals surface area (Å²) in [6, 6.07) is 15.0. The third kappa shape index (κ3) is 2.39. The lowest BCUT2D eigenvalue weighted by Crippen LogP contribution is -1.74. The van der Waals surface area contributed by atoms with Crippen molar-refractivity contribution in [2.45, 2.75) is 10.6 Å². The van der Waals surface area contributed by atoms with Gasteiger partial charge < -0.3 is 4.42 Å². The van der Waals surface area contributed by atoms with Crippen molar-refractivity contribution >= 4 is 11.8 Å². The quantitative estimate of drug-likeness (QED) is 0.687. The number of furan rings is 1. The van der Waals surface area contributed by atoms with Crippen LogP contribution in [0, 0.1) is 6.07 Å². The summed E-state index contributed by atoms with van der Waals surface area (Å²) >= 11 is 1.73. The van der Waals surface area contributed by atoms with Crippen molar-refractivity contribution in [1.29, 1.82) is 0 Å². The summed E-state index contributed by atoms with van der Waals surface area (Å²) in [4.78, 5) is 1.15. The summed E-state index contributed by atoms with van der Waals surface area (Å²) in [5.74, 6) is 1.87. The van der Waals surface area contributed by atoms with Crippen LogP contribution in [0.1, 0.15) is 5.76 Å². The first kappa shape index (κ1) is 8.45. The molecule has 1 heterocycles. The molecule has 0 fully saturated rings. The molecule has 0 spiro atoms. The van der Waals surface area contributed by atoms with E-state index in [0.717, 1.165) is 16.4 Å². The Morgan fingerprint density at radius 2 is 2.23 bits per heavy atom. The highest BCUT2D eigenvalue weighted by Gasteiger charge is 1.96. The van der Waals surface area contributed by atoms with E-state index in [1.807, 2.05) is 36.4 Å². The van der Waals surface area contributed by atoms with Gasteiger partial charge in [-0.05, 0) is 24.3 Å². The van der Waals surface area contributed by atoms with Crippen molar-refractivity contribution < 1.29 is 4.42 Å². The van der Waals surface area contributed by atoms with Crippen LogP contribution in [0.25, 0.3) is 0 Å². The fourth-order valence-corrected chi connectivity index (χ4v) is 1.80. The molecule has 1 nitrogen and oxygen atoms in total. The SMILES string of the molecule is [c]1ccccc1SCc1ccco1. The molecular formula is C11H9OS. The Balaban J connectivity index is 1.94. The maximum atomic E-state index is 5.22. The molecule has 13 heavy (non-hydrogen) atoms. The summed E-state index contributed by atoms with van der Waals surface area (Å²) in [5.41, 5.74) is 0. The monoisotopic (exact) mass is 189 g/mol. The van der Waals surface area contributed by atoms with E-state index in [2.05, 4.69) is 6.07 Å². The van der Waals surface area contributed by atoms with Gasteiger partial charge in [-0.3, -0.25) is 0 Å². The number of thioether (sulfide) groups is 1. The molecule has 0 aliphatic carbocycles. The third-order valence-corrected chi connectivity index (χ3v) is 2.62. The Kier molecular flexibility index (Phi) is 2.72. The second-order valence-corrected chi connectivity index (χ2v) is 3.61. The molecule has 0 bridgehead atoms. The van der Waals surface area contributed by atoms with Gasteiger partial charge in [0.05, 0.1) is 12.0 Å². The second-order valence-electron chi connectivity index (χ2n) is 2.59.